The monoisotopic (exact) mass is 361 g/mol. The number of Topliss-reactive ketones (excluding diaryl/α,β-unsaturated/α-hetero) is 1. The van der Waals surface area contributed by atoms with E-state index in [9.17, 15) is 9.59 Å². The van der Waals surface area contributed by atoms with E-state index in [4.69, 9.17) is 14.2 Å². The highest BCUT2D eigenvalue weighted by Crippen LogP contribution is 2.44. The van der Waals surface area contributed by atoms with Crippen LogP contribution >= 0.6 is 0 Å². The van der Waals surface area contributed by atoms with Gasteiger partial charge < -0.3 is 19.1 Å². The molecule has 26 heavy (non-hydrogen) atoms. The molecule has 1 aromatic carbocycles. The minimum absolute atomic E-state index is 0.0210. The molecule has 2 heterocycles. The molecular weight excluding hydrogens is 334 g/mol. The van der Waals surface area contributed by atoms with Crippen LogP contribution in [0.1, 0.15) is 49.9 Å². The van der Waals surface area contributed by atoms with Crippen molar-refractivity contribution in [3.8, 4) is 17.2 Å². The molecule has 0 aromatic heterocycles. The fraction of sp³-hybridized carbons (Fsp3) is 0.600. The van der Waals surface area contributed by atoms with Crippen molar-refractivity contribution in [1.82, 2.24) is 4.90 Å². The van der Waals surface area contributed by atoms with E-state index in [1.807, 2.05) is 18.7 Å². The van der Waals surface area contributed by atoms with Crippen LogP contribution in [-0.2, 0) is 4.79 Å². The molecule has 2 aliphatic rings. The average Bonchev–Trinajstić information content (AvgIpc) is 2.60. The predicted molar refractivity (Wildman–Crippen MR) is 97.1 cm³/mol. The molecule has 3 rings (SSSR count). The molecule has 6 nitrogen and oxygen atoms in total. The Morgan fingerprint density at radius 2 is 1.92 bits per heavy atom. The molecule has 0 saturated carbocycles. The summed E-state index contributed by atoms with van der Waals surface area (Å²) in [4.78, 5) is 27.0. The van der Waals surface area contributed by atoms with Gasteiger partial charge in [0.15, 0.2) is 5.78 Å². The SMILES string of the molecule is COc1cc(OC)c2c(c1)OC1(CCN(C(=O)CC(C)C)CC1)CC2=O. The molecule has 2 aliphatic heterocycles. The molecule has 142 valence electrons. The first-order chi connectivity index (χ1) is 12.4. The van der Waals surface area contributed by atoms with Crippen LogP contribution in [0.25, 0.3) is 0 Å². The number of piperidine rings is 1. The molecule has 1 aromatic rings. The molecule has 0 aliphatic carbocycles. The van der Waals surface area contributed by atoms with Crippen molar-refractivity contribution >= 4 is 11.7 Å². The molecule has 1 spiro atoms. The van der Waals surface area contributed by atoms with E-state index in [0.29, 0.717) is 67.5 Å². The number of hydrogen-bond donors (Lipinski definition) is 0. The molecule has 1 amide bonds. The second-order valence-electron chi connectivity index (χ2n) is 7.57. The second kappa shape index (κ2) is 7.17. The Kier molecular flexibility index (Phi) is 5.12. The van der Waals surface area contributed by atoms with Gasteiger partial charge in [-0.3, -0.25) is 9.59 Å². The summed E-state index contributed by atoms with van der Waals surface area (Å²) in [5.41, 5.74) is -0.0620. The van der Waals surface area contributed by atoms with Gasteiger partial charge in [0.2, 0.25) is 5.91 Å². The van der Waals surface area contributed by atoms with Crippen LogP contribution in [0, 0.1) is 5.92 Å². The molecule has 1 fully saturated rings. The van der Waals surface area contributed by atoms with E-state index in [0.717, 1.165) is 0 Å². The van der Waals surface area contributed by atoms with Crippen molar-refractivity contribution in [2.75, 3.05) is 27.3 Å². The van der Waals surface area contributed by atoms with Gasteiger partial charge in [0, 0.05) is 44.5 Å². The Morgan fingerprint density at radius 3 is 2.50 bits per heavy atom. The lowest BCUT2D eigenvalue weighted by molar-refractivity contribution is -0.135. The van der Waals surface area contributed by atoms with E-state index >= 15 is 0 Å². The number of ketones is 1. The summed E-state index contributed by atoms with van der Waals surface area (Å²) in [6.45, 7) is 5.33. The maximum Gasteiger partial charge on any atom is 0.222 e. The van der Waals surface area contributed by atoms with Crippen LogP contribution < -0.4 is 14.2 Å². The number of benzene rings is 1. The summed E-state index contributed by atoms with van der Waals surface area (Å²) in [6, 6.07) is 3.44. The average molecular weight is 361 g/mol. The predicted octanol–water partition coefficient (Wildman–Crippen LogP) is 3.08. The summed E-state index contributed by atoms with van der Waals surface area (Å²) in [5, 5.41) is 0. The standard InChI is InChI=1S/C20H27NO5/c1-13(2)9-18(23)21-7-5-20(6-8-21)12-15(22)19-16(25-4)10-14(24-3)11-17(19)26-20/h10-11,13H,5-9,12H2,1-4H3. The number of nitrogens with zero attached hydrogens (tertiary/aromatic N) is 1. The summed E-state index contributed by atoms with van der Waals surface area (Å²) in [7, 11) is 3.10. The third kappa shape index (κ3) is 3.50. The summed E-state index contributed by atoms with van der Waals surface area (Å²) < 4.78 is 17.0. The summed E-state index contributed by atoms with van der Waals surface area (Å²) in [6.07, 6.45) is 2.18. The van der Waals surface area contributed by atoms with Crippen molar-refractivity contribution in [1.29, 1.82) is 0 Å². The van der Waals surface area contributed by atoms with Gasteiger partial charge in [0.05, 0.1) is 20.6 Å². The Morgan fingerprint density at radius 1 is 1.23 bits per heavy atom. The number of hydrogen-bond acceptors (Lipinski definition) is 5. The van der Waals surface area contributed by atoms with Gasteiger partial charge in [-0.1, -0.05) is 13.8 Å². The van der Waals surface area contributed by atoms with Crippen molar-refractivity contribution in [2.24, 2.45) is 5.92 Å². The van der Waals surface area contributed by atoms with Crippen molar-refractivity contribution in [3.63, 3.8) is 0 Å². The highest BCUT2D eigenvalue weighted by atomic mass is 16.5. The fourth-order valence-corrected chi connectivity index (χ4v) is 3.77. The first-order valence-electron chi connectivity index (χ1n) is 9.13. The van der Waals surface area contributed by atoms with Crippen LogP contribution in [0.2, 0.25) is 0 Å². The van der Waals surface area contributed by atoms with E-state index in [2.05, 4.69) is 0 Å². The van der Waals surface area contributed by atoms with Crippen LogP contribution in [0.3, 0.4) is 0 Å². The summed E-state index contributed by atoms with van der Waals surface area (Å²) >= 11 is 0. The third-order valence-electron chi connectivity index (χ3n) is 5.19. The number of carbonyl (C=O) groups is 2. The maximum absolute atomic E-state index is 12.8. The zero-order chi connectivity index (χ0) is 18.9. The number of fused-ring (bicyclic) bond motifs is 1. The van der Waals surface area contributed by atoms with E-state index in [-0.39, 0.29) is 11.7 Å². The van der Waals surface area contributed by atoms with E-state index in [1.165, 1.54) is 7.11 Å². The van der Waals surface area contributed by atoms with Gasteiger partial charge in [-0.05, 0) is 5.92 Å². The fourth-order valence-electron chi connectivity index (χ4n) is 3.77. The van der Waals surface area contributed by atoms with Crippen molar-refractivity contribution in [3.05, 3.63) is 17.7 Å². The minimum atomic E-state index is -0.546. The molecule has 0 radical (unpaired) electrons. The Labute approximate surface area is 154 Å². The van der Waals surface area contributed by atoms with Crippen molar-refractivity contribution < 1.29 is 23.8 Å². The third-order valence-corrected chi connectivity index (χ3v) is 5.19. The van der Waals surface area contributed by atoms with Crippen LogP contribution in [0.15, 0.2) is 12.1 Å². The molecular formula is C20H27NO5. The summed E-state index contributed by atoms with van der Waals surface area (Å²) in [5.74, 6) is 2.13. The van der Waals surface area contributed by atoms with Gasteiger partial charge in [-0.2, -0.15) is 0 Å². The smallest absolute Gasteiger partial charge is 0.222 e. The van der Waals surface area contributed by atoms with E-state index < -0.39 is 5.60 Å². The molecule has 1 saturated heterocycles. The highest BCUT2D eigenvalue weighted by Gasteiger charge is 2.44. The molecule has 0 atom stereocenters. The first-order valence-corrected chi connectivity index (χ1v) is 9.13. The van der Waals surface area contributed by atoms with Gasteiger partial charge in [0.1, 0.15) is 28.4 Å². The lowest BCUT2D eigenvalue weighted by Gasteiger charge is -2.44. The Bertz CT molecular complexity index is 704. The Balaban J connectivity index is 1.79. The highest BCUT2D eigenvalue weighted by molar-refractivity contribution is 6.03. The number of carbonyl (C=O) groups excluding carboxylic acids is 2. The van der Waals surface area contributed by atoms with Gasteiger partial charge in [-0.25, -0.2) is 0 Å². The van der Waals surface area contributed by atoms with Gasteiger partial charge >= 0.3 is 0 Å². The van der Waals surface area contributed by atoms with Gasteiger partial charge in [0.25, 0.3) is 0 Å². The number of amides is 1. The normalized spacial score (nSPS) is 18.5. The number of ether oxygens (including phenoxy) is 3. The molecule has 6 heteroatoms. The van der Waals surface area contributed by atoms with Gasteiger partial charge in [-0.15, -0.1) is 0 Å². The van der Waals surface area contributed by atoms with Crippen LogP contribution in [0.4, 0.5) is 0 Å². The molecule has 0 N–H and O–H groups in total. The second-order valence-corrected chi connectivity index (χ2v) is 7.57. The topological polar surface area (TPSA) is 65.1 Å². The quantitative estimate of drug-likeness (QED) is 0.825. The number of likely N-dealkylation sites (tertiary alicyclic amines) is 1. The number of methoxy groups -OCH3 is 2. The van der Waals surface area contributed by atoms with Crippen LogP contribution in [-0.4, -0.2) is 49.5 Å². The van der Waals surface area contributed by atoms with E-state index in [1.54, 1.807) is 19.2 Å². The largest absolute Gasteiger partial charge is 0.496 e. The zero-order valence-corrected chi connectivity index (χ0v) is 16.0. The minimum Gasteiger partial charge on any atom is -0.496 e. The van der Waals surface area contributed by atoms with Crippen molar-refractivity contribution in [2.45, 2.75) is 45.1 Å². The number of rotatable bonds is 4. The first kappa shape index (κ1) is 18.5. The lowest BCUT2D eigenvalue weighted by atomic mass is 9.82. The Hall–Kier alpha value is -2.24. The zero-order valence-electron chi connectivity index (χ0n) is 16.0. The van der Waals surface area contributed by atoms with Crippen LogP contribution in [0.5, 0.6) is 17.2 Å². The molecule has 0 bridgehead atoms. The lowest BCUT2D eigenvalue weighted by Crippen LogP contribution is -2.52. The maximum atomic E-state index is 12.8. The molecule has 0 unspecified atom stereocenters.